The third-order valence-electron chi connectivity index (χ3n) is 6.49. The van der Waals surface area contributed by atoms with Gasteiger partial charge in [0.2, 0.25) is 5.88 Å². The summed E-state index contributed by atoms with van der Waals surface area (Å²) < 4.78 is 6.04. The number of nitrogens with two attached hydrogens (primary N) is 1. The van der Waals surface area contributed by atoms with Crippen LogP contribution in [0.15, 0.2) is 17.5 Å². The SMILES string of the molecule is Cc1cc(C)c2c3c(sc2n1)C1(CCC(C(C)(C)C)CC1)C(C#N)=C(N)O3. The highest BCUT2D eigenvalue weighted by Gasteiger charge is 2.49. The second kappa shape index (κ2) is 5.97. The highest BCUT2D eigenvalue weighted by molar-refractivity contribution is 7.19. The minimum absolute atomic E-state index is 0.277. The Kier molecular flexibility index (Phi) is 4.05. The molecule has 2 aliphatic rings. The van der Waals surface area contributed by atoms with Gasteiger partial charge in [0.1, 0.15) is 16.5 Å². The molecule has 0 radical (unpaired) electrons. The largest absolute Gasteiger partial charge is 0.439 e. The number of ether oxygens (including phenoxy) is 1. The fraction of sp³-hybridized carbons (Fsp3) is 0.545. The lowest BCUT2D eigenvalue weighted by Gasteiger charge is -2.45. The molecule has 3 heterocycles. The number of fused-ring (bicyclic) bond motifs is 4. The molecule has 142 valence electrons. The summed E-state index contributed by atoms with van der Waals surface area (Å²) in [7, 11) is 0. The van der Waals surface area contributed by atoms with Crippen molar-refractivity contribution < 1.29 is 4.74 Å². The van der Waals surface area contributed by atoms with Crippen molar-refractivity contribution in [3.63, 3.8) is 0 Å². The monoisotopic (exact) mass is 381 g/mol. The average molecular weight is 382 g/mol. The van der Waals surface area contributed by atoms with Crippen LogP contribution < -0.4 is 10.5 Å². The molecule has 0 unspecified atom stereocenters. The van der Waals surface area contributed by atoms with Crippen LogP contribution in [-0.4, -0.2) is 4.98 Å². The second-order valence-electron chi connectivity index (χ2n) is 9.20. The van der Waals surface area contributed by atoms with Crippen LogP contribution in [0.1, 0.15) is 62.6 Å². The molecule has 2 aromatic rings. The smallest absolute Gasteiger partial charge is 0.205 e. The van der Waals surface area contributed by atoms with Crippen LogP contribution in [0, 0.1) is 36.5 Å². The Balaban J connectivity index is 1.90. The molecular formula is C22H27N3OS. The third kappa shape index (κ3) is 2.65. The quantitative estimate of drug-likeness (QED) is 0.656. The molecule has 1 fully saturated rings. The number of thiophene rings is 1. The number of rotatable bonds is 0. The van der Waals surface area contributed by atoms with Crippen LogP contribution >= 0.6 is 11.3 Å². The van der Waals surface area contributed by atoms with E-state index >= 15 is 0 Å². The fourth-order valence-corrected chi connectivity index (χ4v) is 6.42. The average Bonchev–Trinajstić information content (AvgIpc) is 2.94. The molecule has 5 heteroatoms. The number of pyridine rings is 1. The number of aryl methyl sites for hydroxylation is 2. The van der Waals surface area contributed by atoms with Crippen molar-refractivity contribution in [2.75, 3.05) is 0 Å². The Hall–Kier alpha value is -2.06. The molecule has 4 rings (SSSR count). The van der Waals surface area contributed by atoms with Gasteiger partial charge >= 0.3 is 0 Å². The van der Waals surface area contributed by atoms with Crippen molar-refractivity contribution in [1.29, 1.82) is 5.26 Å². The molecule has 1 saturated carbocycles. The minimum Gasteiger partial charge on any atom is -0.439 e. The highest BCUT2D eigenvalue weighted by Crippen LogP contribution is 2.58. The van der Waals surface area contributed by atoms with Crippen LogP contribution in [0.5, 0.6) is 5.75 Å². The van der Waals surface area contributed by atoms with Gasteiger partial charge in [-0.3, -0.25) is 0 Å². The van der Waals surface area contributed by atoms with Gasteiger partial charge < -0.3 is 10.5 Å². The van der Waals surface area contributed by atoms with Gasteiger partial charge in [-0.2, -0.15) is 5.26 Å². The summed E-state index contributed by atoms with van der Waals surface area (Å²) >= 11 is 1.69. The zero-order chi connectivity index (χ0) is 19.6. The Labute approximate surface area is 165 Å². The van der Waals surface area contributed by atoms with Gasteiger partial charge in [0, 0.05) is 11.1 Å². The van der Waals surface area contributed by atoms with E-state index in [1.165, 1.54) is 0 Å². The predicted molar refractivity (Wildman–Crippen MR) is 110 cm³/mol. The van der Waals surface area contributed by atoms with Gasteiger partial charge in [-0.15, -0.1) is 11.3 Å². The zero-order valence-electron chi connectivity index (χ0n) is 16.8. The summed E-state index contributed by atoms with van der Waals surface area (Å²) in [4.78, 5) is 6.88. The van der Waals surface area contributed by atoms with Crippen LogP contribution in [-0.2, 0) is 5.41 Å². The Morgan fingerprint density at radius 1 is 1.30 bits per heavy atom. The number of nitrogens with zero attached hydrogens (tertiary/aromatic N) is 2. The van der Waals surface area contributed by atoms with Crippen molar-refractivity contribution in [3.05, 3.63) is 33.7 Å². The lowest BCUT2D eigenvalue weighted by atomic mass is 9.60. The first-order chi connectivity index (χ1) is 12.7. The molecule has 1 aliphatic carbocycles. The molecule has 1 aliphatic heterocycles. The molecule has 0 atom stereocenters. The topological polar surface area (TPSA) is 71.9 Å². The predicted octanol–water partition coefficient (Wildman–Crippen LogP) is 5.47. The molecular weight excluding hydrogens is 354 g/mol. The molecule has 27 heavy (non-hydrogen) atoms. The maximum Gasteiger partial charge on any atom is 0.205 e. The van der Waals surface area contributed by atoms with E-state index in [4.69, 9.17) is 15.5 Å². The van der Waals surface area contributed by atoms with E-state index in [1.54, 1.807) is 11.3 Å². The molecule has 2 N–H and O–H groups in total. The second-order valence-corrected chi connectivity index (χ2v) is 10.2. The first-order valence-electron chi connectivity index (χ1n) is 9.67. The molecule has 0 saturated heterocycles. The van der Waals surface area contributed by atoms with Gasteiger partial charge in [-0.1, -0.05) is 20.8 Å². The van der Waals surface area contributed by atoms with E-state index in [0.717, 1.165) is 57.8 Å². The maximum absolute atomic E-state index is 9.92. The lowest BCUT2D eigenvalue weighted by Crippen LogP contribution is -2.40. The fourth-order valence-electron chi connectivity index (χ4n) is 4.95. The van der Waals surface area contributed by atoms with Gasteiger partial charge in [-0.05, 0) is 62.5 Å². The third-order valence-corrected chi connectivity index (χ3v) is 7.76. The number of nitriles is 1. The van der Waals surface area contributed by atoms with Crippen molar-refractivity contribution >= 4 is 21.6 Å². The summed E-state index contributed by atoms with van der Waals surface area (Å²) in [6, 6.07) is 4.48. The highest BCUT2D eigenvalue weighted by atomic mass is 32.1. The minimum atomic E-state index is -0.320. The Bertz CT molecular complexity index is 995. The van der Waals surface area contributed by atoms with Gasteiger partial charge in [-0.25, -0.2) is 4.98 Å². The first-order valence-corrected chi connectivity index (χ1v) is 10.5. The van der Waals surface area contributed by atoms with E-state index in [9.17, 15) is 5.26 Å². The lowest BCUT2D eigenvalue weighted by molar-refractivity contribution is 0.142. The van der Waals surface area contributed by atoms with E-state index in [2.05, 4.69) is 39.8 Å². The van der Waals surface area contributed by atoms with Crippen LogP contribution in [0.2, 0.25) is 0 Å². The molecule has 2 aromatic heterocycles. The van der Waals surface area contributed by atoms with Crippen LogP contribution in [0.25, 0.3) is 10.2 Å². The van der Waals surface area contributed by atoms with Crippen LogP contribution in [0.3, 0.4) is 0 Å². The summed E-state index contributed by atoms with van der Waals surface area (Å²) in [6.07, 6.45) is 4.08. The molecule has 0 bridgehead atoms. The zero-order valence-corrected chi connectivity index (χ0v) is 17.6. The molecule has 0 amide bonds. The number of allylic oxidation sites excluding steroid dienone is 1. The Morgan fingerprint density at radius 3 is 2.56 bits per heavy atom. The van der Waals surface area contributed by atoms with E-state index in [1.807, 2.05) is 6.92 Å². The van der Waals surface area contributed by atoms with Crippen molar-refractivity contribution in [2.45, 2.75) is 65.7 Å². The summed E-state index contributed by atoms with van der Waals surface area (Å²) in [5.41, 5.74) is 9.02. The van der Waals surface area contributed by atoms with E-state index in [0.29, 0.717) is 11.5 Å². The number of hydrogen-bond donors (Lipinski definition) is 1. The molecule has 1 spiro atoms. The van der Waals surface area contributed by atoms with Crippen molar-refractivity contribution in [1.82, 2.24) is 4.98 Å². The van der Waals surface area contributed by atoms with E-state index < -0.39 is 0 Å². The number of hydrogen-bond acceptors (Lipinski definition) is 5. The van der Waals surface area contributed by atoms with Crippen molar-refractivity contribution in [3.8, 4) is 11.8 Å². The van der Waals surface area contributed by atoms with Crippen LogP contribution in [0.4, 0.5) is 0 Å². The number of aromatic nitrogens is 1. The molecule has 0 aromatic carbocycles. The van der Waals surface area contributed by atoms with Gasteiger partial charge in [0.05, 0.1) is 10.3 Å². The van der Waals surface area contributed by atoms with Gasteiger partial charge in [0.15, 0.2) is 5.75 Å². The summed E-state index contributed by atoms with van der Waals surface area (Å²) in [5.74, 6) is 1.77. The summed E-state index contributed by atoms with van der Waals surface area (Å²) in [6.45, 7) is 11.1. The maximum atomic E-state index is 9.92. The Morgan fingerprint density at radius 2 is 1.96 bits per heavy atom. The molecule has 4 nitrogen and oxygen atoms in total. The normalized spacial score (nSPS) is 25.4. The van der Waals surface area contributed by atoms with E-state index in [-0.39, 0.29) is 16.7 Å². The standard InChI is InChI=1S/C22H27N3OS/c1-12-10-13(2)25-20-16(12)17-18(27-20)22(15(11-23)19(24)26-17)8-6-14(7-9-22)21(3,4)5/h10,14H,6-9,24H2,1-5H3. The van der Waals surface area contributed by atoms with Crippen molar-refractivity contribution in [2.24, 2.45) is 17.1 Å². The van der Waals surface area contributed by atoms with Gasteiger partial charge in [0.25, 0.3) is 0 Å². The first kappa shape index (κ1) is 18.3. The summed E-state index contributed by atoms with van der Waals surface area (Å²) in [5, 5.41) is 11.0.